The highest BCUT2D eigenvalue weighted by molar-refractivity contribution is 5.48. The van der Waals surface area contributed by atoms with Gasteiger partial charge in [-0.2, -0.15) is 0 Å². The summed E-state index contributed by atoms with van der Waals surface area (Å²) < 4.78 is 0. The van der Waals surface area contributed by atoms with Crippen molar-refractivity contribution in [3.63, 3.8) is 0 Å². The molecule has 1 rings (SSSR count). The molecule has 1 aliphatic carbocycles. The summed E-state index contributed by atoms with van der Waals surface area (Å²) in [5.41, 5.74) is 3.68. The van der Waals surface area contributed by atoms with Crippen LogP contribution in [0.4, 0.5) is 0 Å². The van der Waals surface area contributed by atoms with Gasteiger partial charge in [0, 0.05) is 0 Å². The Labute approximate surface area is 93.4 Å². The van der Waals surface area contributed by atoms with Gasteiger partial charge in [0.25, 0.3) is 0 Å². The SMILES string of the molecule is C=C(/C=C(\C)CC)C1=CC=CC(C)C=C1. The minimum atomic E-state index is 0.516. The van der Waals surface area contributed by atoms with E-state index < -0.39 is 0 Å². The van der Waals surface area contributed by atoms with Gasteiger partial charge in [-0.25, -0.2) is 0 Å². The summed E-state index contributed by atoms with van der Waals surface area (Å²) in [6.07, 6.45) is 14.0. The third kappa shape index (κ3) is 3.75. The highest BCUT2D eigenvalue weighted by Crippen LogP contribution is 2.18. The highest BCUT2D eigenvalue weighted by atomic mass is 14.0. The van der Waals surface area contributed by atoms with Gasteiger partial charge >= 0.3 is 0 Å². The van der Waals surface area contributed by atoms with Gasteiger partial charge in [0.05, 0.1) is 0 Å². The smallest absolute Gasteiger partial charge is 0.00754 e. The molecule has 1 unspecified atom stereocenters. The molecule has 1 atom stereocenters. The maximum Gasteiger partial charge on any atom is -0.00754 e. The third-order valence-electron chi connectivity index (χ3n) is 2.62. The molecule has 0 aliphatic heterocycles. The van der Waals surface area contributed by atoms with Crippen molar-refractivity contribution in [1.29, 1.82) is 0 Å². The van der Waals surface area contributed by atoms with Gasteiger partial charge in [-0.1, -0.05) is 62.5 Å². The normalized spacial score (nSPS) is 21.1. The van der Waals surface area contributed by atoms with Crippen molar-refractivity contribution in [3.05, 3.63) is 59.8 Å². The van der Waals surface area contributed by atoms with Crippen LogP contribution in [0.3, 0.4) is 0 Å². The molecule has 0 amide bonds. The van der Waals surface area contributed by atoms with Crippen LogP contribution in [0.25, 0.3) is 0 Å². The lowest BCUT2D eigenvalue weighted by Crippen LogP contribution is -1.83. The van der Waals surface area contributed by atoms with Crippen LogP contribution in [0.5, 0.6) is 0 Å². The summed E-state index contributed by atoms with van der Waals surface area (Å²) in [6.45, 7) is 10.6. The lowest BCUT2D eigenvalue weighted by Gasteiger charge is -2.02. The molecule has 0 bridgehead atoms. The van der Waals surface area contributed by atoms with Crippen LogP contribution in [0.2, 0.25) is 0 Å². The largest absolute Gasteiger partial charge is 0.0912 e. The zero-order valence-corrected chi connectivity index (χ0v) is 9.96. The molecular formula is C15H20. The maximum atomic E-state index is 4.10. The Morgan fingerprint density at radius 3 is 2.87 bits per heavy atom. The summed E-state index contributed by atoms with van der Waals surface area (Å²) >= 11 is 0. The van der Waals surface area contributed by atoms with Crippen molar-refractivity contribution in [2.24, 2.45) is 5.92 Å². The zero-order valence-electron chi connectivity index (χ0n) is 9.96. The van der Waals surface area contributed by atoms with E-state index in [1.54, 1.807) is 0 Å². The number of hydrogen-bond acceptors (Lipinski definition) is 0. The van der Waals surface area contributed by atoms with Gasteiger partial charge in [-0.15, -0.1) is 0 Å². The first-order chi connectivity index (χ1) is 7.13. The molecule has 80 valence electrons. The monoisotopic (exact) mass is 200 g/mol. The Kier molecular flexibility index (Phi) is 4.36. The van der Waals surface area contributed by atoms with Crippen LogP contribution in [0.1, 0.15) is 27.2 Å². The first-order valence-electron chi connectivity index (χ1n) is 5.56. The summed E-state index contributed by atoms with van der Waals surface area (Å²) in [5.74, 6) is 0.516. The standard InChI is InChI=1S/C15H20/c1-5-12(2)11-14(4)15-8-6-7-13(3)9-10-15/h6-11,13H,4-5H2,1-3H3/b12-11+. The van der Waals surface area contributed by atoms with E-state index in [1.165, 1.54) is 11.1 Å². The number of hydrogen-bond donors (Lipinski definition) is 0. The second-order valence-corrected chi connectivity index (χ2v) is 4.09. The van der Waals surface area contributed by atoms with E-state index in [0.29, 0.717) is 5.92 Å². The molecule has 0 aromatic heterocycles. The van der Waals surface area contributed by atoms with E-state index in [2.05, 4.69) is 63.8 Å². The van der Waals surface area contributed by atoms with Crippen molar-refractivity contribution in [2.45, 2.75) is 27.2 Å². The van der Waals surface area contributed by atoms with E-state index in [1.807, 2.05) is 0 Å². The molecule has 0 saturated heterocycles. The molecule has 1 aliphatic rings. The molecule has 15 heavy (non-hydrogen) atoms. The van der Waals surface area contributed by atoms with Crippen LogP contribution >= 0.6 is 0 Å². The predicted octanol–water partition coefficient (Wildman–Crippen LogP) is 4.59. The average Bonchev–Trinajstić information content (AvgIpc) is 2.42. The number of rotatable bonds is 3. The van der Waals surface area contributed by atoms with Gasteiger partial charge in [0.1, 0.15) is 0 Å². The van der Waals surface area contributed by atoms with Gasteiger partial charge in [-0.05, 0) is 30.4 Å². The van der Waals surface area contributed by atoms with Gasteiger partial charge in [0.2, 0.25) is 0 Å². The maximum absolute atomic E-state index is 4.10. The van der Waals surface area contributed by atoms with E-state index in [4.69, 9.17) is 0 Å². The zero-order chi connectivity index (χ0) is 11.3. The topological polar surface area (TPSA) is 0 Å². The first-order valence-corrected chi connectivity index (χ1v) is 5.56. The summed E-state index contributed by atoms with van der Waals surface area (Å²) in [5, 5.41) is 0. The summed E-state index contributed by atoms with van der Waals surface area (Å²) in [6, 6.07) is 0. The molecule has 0 radical (unpaired) electrons. The molecule has 0 saturated carbocycles. The molecular weight excluding hydrogens is 180 g/mol. The fourth-order valence-corrected chi connectivity index (χ4v) is 1.41. The van der Waals surface area contributed by atoms with Crippen LogP contribution in [-0.4, -0.2) is 0 Å². The van der Waals surface area contributed by atoms with E-state index >= 15 is 0 Å². The molecule has 0 aromatic rings. The molecule has 0 spiro atoms. The van der Waals surface area contributed by atoms with Crippen molar-refractivity contribution < 1.29 is 0 Å². The Morgan fingerprint density at radius 1 is 1.47 bits per heavy atom. The minimum absolute atomic E-state index is 0.516. The third-order valence-corrected chi connectivity index (χ3v) is 2.62. The molecule has 0 aromatic carbocycles. The van der Waals surface area contributed by atoms with Crippen LogP contribution < -0.4 is 0 Å². The van der Waals surface area contributed by atoms with E-state index in [9.17, 15) is 0 Å². The van der Waals surface area contributed by atoms with Crippen LogP contribution in [0.15, 0.2) is 59.8 Å². The van der Waals surface area contributed by atoms with Gasteiger partial charge < -0.3 is 0 Å². The number of allylic oxidation sites excluding steroid dienone is 9. The Balaban J connectivity index is 2.81. The van der Waals surface area contributed by atoms with Gasteiger partial charge in [0.15, 0.2) is 0 Å². The predicted molar refractivity (Wildman–Crippen MR) is 68.7 cm³/mol. The fraction of sp³-hybridized carbons (Fsp3) is 0.333. The molecule has 0 nitrogen and oxygen atoms in total. The first kappa shape index (κ1) is 11.8. The molecule has 0 N–H and O–H groups in total. The van der Waals surface area contributed by atoms with Gasteiger partial charge in [-0.3, -0.25) is 0 Å². The quantitative estimate of drug-likeness (QED) is 0.585. The average molecular weight is 200 g/mol. The Hall–Kier alpha value is -1.30. The van der Waals surface area contributed by atoms with E-state index in [-0.39, 0.29) is 0 Å². The lowest BCUT2D eigenvalue weighted by molar-refractivity contribution is 0.942. The molecule has 0 heteroatoms. The fourth-order valence-electron chi connectivity index (χ4n) is 1.41. The Morgan fingerprint density at radius 2 is 2.20 bits per heavy atom. The second kappa shape index (κ2) is 5.55. The molecule has 0 fully saturated rings. The molecule has 0 heterocycles. The van der Waals surface area contributed by atoms with Crippen molar-refractivity contribution in [3.8, 4) is 0 Å². The van der Waals surface area contributed by atoms with Crippen LogP contribution in [0, 0.1) is 5.92 Å². The lowest BCUT2D eigenvalue weighted by atomic mass is 10.0. The van der Waals surface area contributed by atoms with Crippen molar-refractivity contribution in [2.75, 3.05) is 0 Å². The van der Waals surface area contributed by atoms with Crippen LogP contribution in [-0.2, 0) is 0 Å². The van der Waals surface area contributed by atoms with E-state index in [0.717, 1.165) is 12.0 Å². The second-order valence-electron chi connectivity index (χ2n) is 4.09. The van der Waals surface area contributed by atoms with Crippen molar-refractivity contribution in [1.82, 2.24) is 0 Å². The Bertz CT molecular complexity index is 348. The summed E-state index contributed by atoms with van der Waals surface area (Å²) in [4.78, 5) is 0. The highest BCUT2D eigenvalue weighted by Gasteiger charge is 2.00. The van der Waals surface area contributed by atoms with Crippen molar-refractivity contribution >= 4 is 0 Å². The minimum Gasteiger partial charge on any atom is -0.0912 e. The summed E-state index contributed by atoms with van der Waals surface area (Å²) in [7, 11) is 0.